The first-order valence-corrected chi connectivity index (χ1v) is 7.81. The van der Waals surface area contributed by atoms with Gasteiger partial charge >= 0.3 is 11.9 Å². The zero-order valence-corrected chi connectivity index (χ0v) is 13.2. The van der Waals surface area contributed by atoms with Gasteiger partial charge in [-0.2, -0.15) is 0 Å². The van der Waals surface area contributed by atoms with Crippen LogP contribution >= 0.6 is 0 Å². The number of rotatable bonds is 5. The number of carbonyl (C=O) groups excluding carboxylic acids is 2. The summed E-state index contributed by atoms with van der Waals surface area (Å²) in [5.74, 6) is -0.496. The number of aliphatic hydroxyl groups is 1. The second kappa shape index (κ2) is 8.36. The highest BCUT2D eigenvalue weighted by molar-refractivity contribution is 5.89. The van der Waals surface area contributed by atoms with Crippen molar-refractivity contribution < 1.29 is 24.2 Å². The monoisotopic (exact) mass is 318 g/mol. The van der Waals surface area contributed by atoms with E-state index < -0.39 is 5.97 Å². The highest BCUT2D eigenvalue weighted by Crippen LogP contribution is 2.31. The molecule has 1 N–H and O–H groups in total. The number of aliphatic hydroxyl groups excluding tert-OH is 1. The molecule has 124 valence electrons. The summed E-state index contributed by atoms with van der Waals surface area (Å²) in [5, 5.41) is 9.12. The lowest BCUT2D eigenvalue weighted by molar-refractivity contribution is -0.136. The summed E-state index contributed by atoms with van der Waals surface area (Å²) in [7, 11) is 1.30. The van der Waals surface area contributed by atoms with Crippen molar-refractivity contribution in [2.75, 3.05) is 7.11 Å². The van der Waals surface area contributed by atoms with E-state index in [9.17, 15) is 9.59 Å². The Bertz CT molecular complexity index is 556. The quantitative estimate of drug-likeness (QED) is 0.512. The van der Waals surface area contributed by atoms with Crippen LogP contribution in [0.4, 0.5) is 0 Å². The van der Waals surface area contributed by atoms with Crippen LogP contribution in [0.3, 0.4) is 0 Å². The summed E-state index contributed by atoms with van der Waals surface area (Å²) in [6.45, 7) is 0. The lowest BCUT2D eigenvalue weighted by Gasteiger charge is -2.28. The van der Waals surface area contributed by atoms with Crippen LogP contribution in [-0.4, -0.2) is 30.3 Å². The van der Waals surface area contributed by atoms with Gasteiger partial charge in [0.25, 0.3) is 0 Å². The number of hydrogen-bond acceptors (Lipinski definition) is 5. The van der Waals surface area contributed by atoms with Crippen LogP contribution in [-0.2, 0) is 14.3 Å². The molecule has 0 atom stereocenters. The van der Waals surface area contributed by atoms with Gasteiger partial charge in [0, 0.05) is 0 Å². The van der Waals surface area contributed by atoms with E-state index >= 15 is 0 Å². The Morgan fingerprint density at radius 1 is 1.17 bits per heavy atom. The Morgan fingerprint density at radius 3 is 2.39 bits per heavy atom. The van der Waals surface area contributed by atoms with Crippen LogP contribution in [0.25, 0.3) is 0 Å². The Hall–Kier alpha value is -2.30. The third-order valence-corrected chi connectivity index (χ3v) is 4.19. The van der Waals surface area contributed by atoms with Crippen molar-refractivity contribution in [1.29, 1.82) is 0 Å². The van der Waals surface area contributed by atoms with Crippen molar-refractivity contribution >= 4 is 11.9 Å². The van der Waals surface area contributed by atoms with Gasteiger partial charge in [0.05, 0.1) is 24.5 Å². The van der Waals surface area contributed by atoms with Crippen LogP contribution in [0.15, 0.2) is 42.2 Å². The van der Waals surface area contributed by atoms with E-state index in [4.69, 9.17) is 9.84 Å². The summed E-state index contributed by atoms with van der Waals surface area (Å²) in [5.41, 5.74) is 0.850. The zero-order chi connectivity index (χ0) is 16.7. The minimum atomic E-state index is -0.495. The summed E-state index contributed by atoms with van der Waals surface area (Å²) in [6, 6.07) is 8.95. The van der Waals surface area contributed by atoms with Gasteiger partial charge in [0.1, 0.15) is 6.10 Å². The van der Waals surface area contributed by atoms with Crippen LogP contribution in [0.1, 0.15) is 42.5 Å². The van der Waals surface area contributed by atoms with E-state index in [0.29, 0.717) is 17.9 Å². The fourth-order valence-electron chi connectivity index (χ4n) is 2.88. The molecule has 23 heavy (non-hydrogen) atoms. The van der Waals surface area contributed by atoms with E-state index in [2.05, 4.69) is 4.74 Å². The van der Waals surface area contributed by atoms with Gasteiger partial charge in [0.2, 0.25) is 0 Å². The van der Waals surface area contributed by atoms with E-state index in [-0.39, 0.29) is 17.6 Å². The van der Waals surface area contributed by atoms with Gasteiger partial charge in [-0.15, -0.1) is 0 Å². The molecule has 0 heterocycles. The maximum absolute atomic E-state index is 12.0. The zero-order valence-electron chi connectivity index (χ0n) is 13.2. The Labute approximate surface area is 135 Å². The van der Waals surface area contributed by atoms with Gasteiger partial charge in [-0.05, 0) is 50.2 Å². The second-order valence-electron chi connectivity index (χ2n) is 5.76. The predicted octanol–water partition coefficient (Wildman–Crippen LogP) is 3.41. The first kappa shape index (κ1) is 17.1. The topological polar surface area (TPSA) is 72.8 Å². The fourth-order valence-corrected chi connectivity index (χ4v) is 2.88. The molecule has 0 spiro atoms. The molecule has 1 aromatic carbocycles. The molecular weight excluding hydrogens is 296 g/mol. The van der Waals surface area contributed by atoms with Crippen molar-refractivity contribution in [3.63, 3.8) is 0 Å². The van der Waals surface area contributed by atoms with Crippen molar-refractivity contribution in [3.8, 4) is 0 Å². The summed E-state index contributed by atoms with van der Waals surface area (Å²) < 4.78 is 10.2. The first-order valence-electron chi connectivity index (χ1n) is 7.81. The molecule has 2 rings (SSSR count). The Morgan fingerprint density at radius 2 is 1.83 bits per heavy atom. The van der Waals surface area contributed by atoms with Crippen LogP contribution in [0, 0.1) is 5.92 Å². The van der Waals surface area contributed by atoms with Crippen molar-refractivity contribution in [2.45, 2.75) is 38.2 Å². The van der Waals surface area contributed by atoms with Gasteiger partial charge in [-0.3, -0.25) is 0 Å². The van der Waals surface area contributed by atoms with Crippen LogP contribution < -0.4 is 0 Å². The average Bonchev–Trinajstić information content (AvgIpc) is 2.61. The Balaban J connectivity index is 1.80. The summed E-state index contributed by atoms with van der Waals surface area (Å²) >= 11 is 0. The van der Waals surface area contributed by atoms with Crippen molar-refractivity contribution in [3.05, 3.63) is 47.7 Å². The van der Waals surface area contributed by atoms with Crippen LogP contribution in [0.2, 0.25) is 0 Å². The molecule has 1 aromatic rings. The minimum absolute atomic E-state index is 0.0846. The lowest BCUT2D eigenvalue weighted by Crippen LogP contribution is -2.25. The van der Waals surface area contributed by atoms with E-state index in [0.717, 1.165) is 31.9 Å². The highest BCUT2D eigenvalue weighted by Gasteiger charge is 2.26. The molecule has 0 saturated heterocycles. The number of esters is 2. The molecule has 1 aliphatic carbocycles. The molecule has 1 aliphatic rings. The molecule has 1 saturated carbocycles. The number of carbonyl (C=O) groups is 2. The third kappa shape index (κ3) is 4.84. The Kier molecular flexibility index (Phi) is 6.20. The molecule has 0 unspecified atom stereocenters. The lowest BCUT2D eigenvalue weighted by atomic mass is 9.83. The molecule has 0 aromatic heterocycles. The van der Waals surface area contributed by atoms with E-state index in [1.54, 1.807) is 12.1 Å². The molecular formula is C18H22O5. The number of benzene rings is 1. The van der Waals surface area contributed by atoms with E-state index in [1.165, 1.54) is 7.11 Å². The molecule has 0 amide bonds. The standard InChI is InChI=1S/C18H22O5/c1-22-17(20)15(12-19)11-13-7-9-16(10-8-13)23-18(21)14-5-3-2-4-6-14/h2-6,12-13,16,19H,7-11H2,1H3. The second-order valence-corrected chi connectivity index (χ2v) is 5.76. The molecule has 0 bridgehead atoms. The molecule has 0 radical (unpaired) electrons. The number of methoxy groups -OCH3 is 1. The number of ether oxygens (including phenoxy) is 2. The summed E-state index contributed by atoms with van der Waals surface area (Å²) in [6.07, 6.45) is 4.46. The van der Waals surface area contributed by atoms with Crippen molar-refractivity contribution in [2.24, 2.45) is 5.92 Å². The van der Waals surface area contributed by atoms with Gasteiger partial charge in [-0.1, -0.05) is 18.2 Å². The van der Waals surface area contributed by atoms with Crippen molar-refractivity contribution in [1.82, 2.24) is 0 Å². The average molecular weight is 318 g/mol. The van der Waals surface area contributed by atoms with Gasteiger partial charge in [-0.25, -0.2) is 9.59 Å². The van der Waals surface area contributed by atoms with Gasteiger partial charge < -0.3 is 14.6 Å². The maximum Gasteiger partial charge on any atom is 0.338 e. The minimum Gasteiger partial charge on any atom is -0.515 e. The SMILES string of the molecule is COC(=O)C(=CO)CC1CCC(OC(=O)c2ccccc2)CC1. The fraction of sp³-hybridized carbons (Fsp3) is 0.444. The first-order chi connectivity index (χ1) is 11.1. The smallest absolute Gasteiger partial charge is 0.338 e. The molecule has 0 aliphatic heterocycles. The summed E-state index contributed by atoms with van der Waals surface area (Å²) in [4.78, 5) is 23.5. The number of hydrogen-bond donors (Lipinski definition) is 1. The molecule has 5 heteroatoms. The predicted molar refractivity (Wildman–Crippen MR) is 84.9 cm³/mol. The van der Waals surface area contributed by atoms with Crippen LogP contribution in [0.5, 0.6) is 0 Å². The highest BCUT2D eigenvalue weighted by atomic mass is 16.5. The van der Waals surface area contributed by atoms with E-state index in [1.807, 2.05) is 18.2 Å². The largest absolute Gasteiger partial charge is 0.515 e. The normalized spacial score (nSPS) is 21.5. The van der Waals surface area contributed by atoms with Gasteiger partial charge in [0.15, 0.2) is 0 Å². The maximum atomic E-state index is 12.0. The molecule has 1 fully saturated rings. The third-order valence-electron chi connectivity index (χ3n) is 4.19. The molecule has 5 nitrogen and oxygen atoms in total.